The first kappa shape index (κ1) is 9.88. The highest BCUT2D eigenvalue weighted by molar-refractivity contribution is 5.28. The van der Waals surface area contributed by atoms with Gasteiger partial charge in [-0.05, 0) is 19.9 Å². The number of nitrogens with two attached hydrogens (primary N) is 1. The van der Waals surface area contributed by atoms with E-state index in [1.165, 1.54) is 12.3 Å². The van der Waals surface area contributed by atoms with Crippen LogP contribution in [0.3, 0.4) is 0 Å². The second kappa shape index (κ2) is 2.65. The van der Waals surface area contributed by atoms with Crippen LogP contribution in [0.4, 0.5) is 19.0 Å². The van der Waals surface area contributed by atoms with Gasteiger partial charge in [0.05, 0.1) is 6.20 Å². The van der Waals surface area contributed by atoms with Crippen LogP contribution in [0.1, 0.15) is 13.8 Å². The molecule has 1 heterocycles. The van der Waals surface area contributed by atoms with Gasteiger partial charge in [-0.25, -0.2) is 4.68 Å². The molecule has 3 nitrogen and oxygen atoms in total. The maximum Gasteiger partial charge on any atom is 0.413 e. The van der Waals surface area contributed by atoms with Gasteiger partial charge in [-0.1, -0.05) is 0 Å². The van der Waals surface area contributed by atoms with Crippen LogP contribution in [-0.4, -0.2) is 16.0 Å². The fourth-order valence-corrected chi connectivity index (χ4v) is 0.901. The van der Waals surface area contributed by atoms with Crippen molar-refractivity contribution in [2.24, 2.45) is 0 Å². The molecule has 0 saturated heterocycles. The number of rotatable bonds is 1. The number of aromatic nitrogens is 2. The Hall–Kier alpha value is -1.20. The molecular weight excluding hydrogens is 183 g/mol. The molecule has 6 heteroatoms. The van der Waals surface area contributed by atoms with Gasteiger partial charge in [0, 0.05) is 0 Å². The number of nitrogens with zero attached hydrogens (tertiary/aromatic N) is 2. The van der Waals surface area contributed by atoms with Crippen LogP contribution in [-0.2, 0) is 5.54 Å². The predicted octanol–water partition coefficient (Wildman–Crippen LogP) is 1.76. The number of halogens is 3. The average Bonchev–Trinajstić information content (AvgIpc) is 2.32. The Balaban J connectivity index is 3.15. The Morgan fingerprint density at radius 1 is 1.38 bits per heavy atom. The lowest BCUT2D eigenvalue weighted by molar-refractivity contribution is -0.205. The minimum absolute atomic E-state index is 0.00215. The van der Waals surface area contributed by atoms with E-state index >= 15 is 0 Å². The topological polar surface area (TPSA) is 43.8 Å². The van der Waals surface area contributed by atoms with E-state index in [1.54, 1.807) is 0 Å². The molecule has 1 rings (SSSR count). The van der Waals surface area contributed by atoms with Gasteiger partial charge in [0.15, 0.2) is 5.54 Å². The fourth-order valence-electron chi connectivity index (χ4n) is 0.901. The monoisotopic (exact) mass is 193 g/mol. The van der Waals surface area contributed by atoms with Crippen LogP contribution < -0.4 is 5.73 Å². The summed E-state index contributed by atoms with van der Waals surface area (Å²) in [6, 6.07) is 1.33. The van der Waals surface area contributed by atoms with E-state index in [0.717, 1.165) is 18.5 Å². The summed E-state index contributed by atoms with van der Waals surface area (Å²) in [5.41, 5.74) is 3.25. The Labute approximate surface area is 73.3 Å². The van der Waals surface area contributed by atoms with E-state index in [-0.39, 0.29) is 5.82 Å². The molecule has 0 atom stereocenters. The van der Waals surface area contributed by atoms with Crippen molar-refractivity contribution < 1.29 is 13.2 Å². The van der Waals surface area contributed by atoms with Gasteiger partial charge in [-0.15, -0.1) is 0 Å². The molecule has 0 bridgehead atoms. The zero-order chi connectivity index (χ0) is 10.3. The maximum absolute atomic E-state index is 12.5. The van der Waals surface area contributed by atoms with Crippen molar-refractivity contribution in [1.82, 2.24) is 9.78 Å². The lowest BCUT2D eigenvalue weighted by Gasteiger charge is -2.28. The quantitative estimate of drug-likeness (QED) is 0.738. The molecule has 0 spiro atoms. The minimum atomic E-state index is -4.37. The minimum Gasteiger partial charge on any atom is -0.384 e. The maximum atomic E-state index is 12.5. The molecule has 13 heavy (non-hydrogen) atoms. The molecule has 0 fully saturated rings. The lowest BCUT2D eigenvalue weighted by Crippen LogP contribution is -2.43. The molecule has 0 aliphatic heterocycles. The lowest BCUT2D eigenvalue weighted by atomic mass is 10.1. The van der Waals surface area contributed by atoms with Gasteiger partial charge >= 0.3 is 6.18 Å². The van der Waals surface area contributed by atoms with Crippen molar-refractivity contribution in [3.05, 3.63) is 12.3 Å². The highest BCUT2D eigenvalue weighted by Gasteiger charge is 2.50. The summed E-state index contributed by atoms with van der Waals surface area (Å²) in [5, 5.41) is 3.53. The zero-order valence-corrected chi connectivity index (χ0v) is 7.26. The standard InChI is InChI=1S/C7H10F3N3/c1-6(2,7(8,9)10)13-5(11)3-4-12-13/h3-4H,11H2,1-2H3. The van der Waals surface area contributed by atoms with Gasteiger partial charge in [0.2, 0.25) is 0 Å². The largest absolute Gasteiger partial charge is 0.413 e. The van der Waals surface area contributed by atoms with Crippen LogP contribution in [0.15, 0.2) is 12.3 Å². The van der Waals surface area contributed by atoms with Crippen molar-refractivity contribution in [2.45, 2.75) is 25.6 Å². The molecule has 0 radical (unpaired) electrons. The molecule has 0 unspecified atom stereocenters. The summed E-state index contributed by atoms with van der Waals surface area (Å²) < 4.78 is 38.1. The normalized spacial score (nSPS) is 13.3. The Morgan fingerprint density at radius 3 is 2.23 bits per heavy atom. The van der Waals surface area contributed by atoms with Crippen LogP contribution in [0.25, 0.3) is 0 Å². The number of nitrogen functional groups attached to an aromatic ring is 1. The predicted molar refractivity (Wildman–Crippen MR) is 42.0 cm³/mol. The molecule has 0 aromatic carbocycles. The molecule has 1 aromatic rings. The number of hydrogen-bond donors (Lipinski definition) is 1. The summed E-state index contributed by atoms with van der Waals surface area (Å²) >= 11 is 0. The third kappa shape index (κ3) is 1.48. The van der Waals surface area contributed by atoms with Crippen molar-refractivity contribution in [1.29, 1.82) is 0 Å². The van der Waals surface area contributed by atoms with Gasteiger partial charge < -0.3 is 5.73 Å². The van der Waals surface area contributed by atoms with Gasteiger partial charge in [-0.3, -0.25) is 0 Å². The first-order valence-electron chi connectivity index (χ1n) is 3.63. The number of anilines is 1. The van der Waals surface area contributed by atoms with Gasteiger partial charge in [-0.2, -0.15) is 18.3 Å². The smallest absolute Gasteiger partial charge is 0.384 e. The number of hydrogen-bond acceptors (Lipinski definition) is 2. The van der Waals surface area contributed by atoms with Crippen LogP contribution >= 0.6 is 0 Å². The summed E-state index contributed by atoms with van der Waals surface area (Å²) in [6.07, 6.45) is -3.13. The first-order chi connectivity index (χ1) is 5.77. The van der Waals surface area contributed by atoms with Gasteiger partial charge in [0.1, 0.15) is 5.82 Å². The molecular formula is C7H10F3N3. The van der Waals surface area contributed by atoms with Crippen LogP contribution in [0.2, 0.25) is 0 Å². The summed E-state index contributed by atoms with van der Waals surface area (Å²) in [5.74, 6) is 0.00215. The molecule has 0 amide bonds. The average molecular weight is 193 g/mol. The second-order valence-corrected chi connectivity index (χ2v) is 3.22. The van der Waals surface area contributed by atoms with Gasteiger partial charge in [0.25, 0.3) is 0 Å². The Bertz CT molecular complexity index is 300. The molecule has 0 saturated carbocycles. The second-order valence-electron chi connectivity index (χ2n) is 3.22. The van der Waals surface area contributed by atoms with Crippen molar-refractivity contribution in [2.75, 3.05) is 5.73 Å². The third-order valence-corrected chi connectivity index (χ3v) is 1.90. The van der Waals surface area contributed by atoms with Crippen molar-refractivity contribution in [3.8, 4) is 0 Å². The van der Waals surface area contributed by atoms with E-state index in [4.69, 9.17) is 5.73 Å². The van der Waals surface area contributed by atoms with E-state index in [1.807, 2.05) is 0 Å². The summed E-state index contributed by atoms with van der Waals surface area (Å²) in [6.45, 7) is 2.05. The highest BCUT2D eigenvalue weighted by atomic mass is 19.4. The zero-order valence-electron chi connectivity index (χ0n) is 7.26. The Kier molecular flexibility index (Phi) is 2.01. The van der Waals surface area contributed by atoms with E-state index in [9.17, 15) is 13.2 Å². The van der Waals surface area contributed by atoms with Crippen LogP contribution in [0.5, 0.6) is 0 Å². The Morgan fingerprint density at radius 2 is 1.92 bits per heavy atom. The van der Waals surface area contributed by atoms with Crippen molar-refractivity contribution in [3.63, 3.8) is 0 Å². The molecule has 2 N–H and O–H groups in total. The summed E-state index contributed by atoms with van der Waals surface area (Å²) in [4.78, 5) is 0. The van der Waals surface area contributed by atoms with Crippen LogP contribution in [0, 0.1) is 0 Å². The highest BCUT2D eigenvalue weighted by Crippen LogP contribution is 2.36. The van der Waals surface area contributed by atoms with Crippen molar-refractivity contribution >= 4 is 5.82 Å². The SMILES string of the molecule is CC(C)(n1nccc1N)C(F)(F)F. The van der Waals surface area contributed by atoms with E-state index < -0.39 is 11.7 Å². The first-order valence-corrected chi connectivity index (χ1v) is 3.63. The third-order valence-electron chi connectivity index (χ3n) is 1.90. The molecule has 0 aliphatic rings. The van der Waals surface area contributed by atoms with E-state index in [0.29, 0.717) is 0 Å². The molecule has 74 valence electrons. The number of alkyl halides is 3. The molecule has 1 aromatic heterocycles. The summed E-state index contributed by atoms with van der Waals surface area (Å²) in [7, 11) is 0. The molecule has 0 aliphatic carbocycles. The van der Waals surface area contributed by atoms with E-state index in [2.05, 4.69) is 5.10 Å². The fraction of sp³-hybridized carbons (Fsp3) is 0.571.